The Bertz CT molecular complexity index is 969. The van der Waals surface area contributed by atoms with Crippen LogP contribution in [0.1, 0.15) is 24.2 Å². The first-order valence-corrected chi connectivity index (χ1v) is 10.0. The monoisotopic (exact) mass is 394 g/mol. The molecule has 0 unspecified atom stereocenters. The van der Waals surface area contributed by atoms with E-state index in [1.807, 2.05) is 42.9 Å². The van der Waals surface area contributed by atoms with Crippen molar-refractivity contribution in [3.05, 3.63) is 42.0 Å². The molecule has 4 heterocycles. The lowest BCUT2D eigenvalue weighted by Gasteiger charge is -2.14. The molecule has 29 heavy (non-hydrogen) atoms. The second kappa shape index (κ2) is 8.57. The number of hydrogen-bond donors (Lipinski definition) is 1. The summed E-state index contributed by atoms with van der Waals surface area (Å²) in [6, 6.07) is 5.89. The van der Waals surface area contributed by atoms with Crippen molar-refractivity contribution < 1.29 is 9.32 Å². The summed E-state index contributed by atoms with van der Waals surface area (Å²) in [5.74, 6) is 0.728. The zero-order chi connectivity index (χ0) is 20.2. The maximum absolute atomic E-state index is 12.2. The molecule has 1 aliphatic rings. The summed E-state index contributed by atoms with van der Waals surface area (Å²) in [5, 5.41) is 11.5. The number of nitrogens with one attached hydrogen (secondary N) is 1. The van der Waals surface area contributed by atoms with E-state index in [0.29, 0.717) is 25.4 Å². The van der Waals surface area contributed by atoms with Crippen LogP contribution in [0, 0.1) is 13.8 Å². The van der Waals surface area contributed by atoms with Gasteiger partial charge in [0.2, 0.25) is 5.91 Å². The quantitative estimate of drug-likeness (QED) is 0.662. The molecule has 8 nitrogen and oxygen atoms in total. The number of rotatable bonds is 7. The first-order valence-electron chi connectivity index (χ1n) is 10.0. The van der Waals surface area contributed by atoms with Gasteiger partial charge in [0.05, 0.1) is 36.2 Å². The second-order valence-corrected chi connectivity index (χ2v) is 7.48. The number of carbonyl (C=O) groups is 1. The SMILES string of the molecule is Cc1ccc(-c2c(-c3cc(C)no3)cnn2CCNC(=O)CN2CCCC2)cn1. The lowest BCUT2D eigenvalue weighted by atomic mass is 10.1. The van der Waals surface area contributed by atoms with Gasteiger partial charge in [0, 0.05) is 30.1 Å². The average molecular weight is 394 g/mol. The molecule has 0 bridgehead atoms. The molecular formula is C21H26N6O2. The van der Waals surface area contributed by atoms with Crippen molar-refractivity contribution in [3.8, 4) is 22.6 Å². The molecule has 3 aromatic heterocycles. The average Bonchev–Trinajstić information content (AvgIpc) is 3.44. The molecule has 0 atom stereocenters. The highest BCUT2D eigenvalue weighted by Gasteiger charge is 2.19. The molecule has 0 spiro atoms. The number of hydrogen-bond acceptors (Lipinski definition) is 6. The van der Waals surface area contributed by atoms with Crippen molar-refractivity contribution in [1.82, 2.24) is 30.1 Å². The van der Waals surface area contributed by atoms with Gasteiger partial charge in [-0.05, 0) is 51.9 Å². The Morgan fingerprint density at radius 3 is 2.69 bits per heavy atom. The van der Waals surface area contributed by atoms with Crippen LogP contribution in [0.2, 0.25) is 0 Å². The largest absolute Gasteiger partial charge is 0.356 e. The predicted octanol–water partition coefficient (Wildman–Crippen LogP) is 2.43. The standard InChI is InChI=1S/C21H26N6O2/c1-15-5-6-17(12-23-15)21-18(19-11-16(2)25-29-19)13-24-27(21)10-7-22-20(28)14-26-8-3-4-9-26/h5-6,11-13H,3-4,7-10,14H2,1-2H3,(H,22,28). The minimum absolute atomic E-state index is 0.0590. The molecule has 0 aliphatic carbocycles. The van der Waals surface area contributed by atoms with Crippen LogP contribution in [0.4, 0.5) is 0 Å². The highest BCUT2D eigenvalue weighted by atomic mass is 16.5. The molecule has 0 radical (unpaired) electrons. The Kier molecular flexibility index (Phi) is 5.71. The Balaban J connectivity index is 1.51. The van der Waals surface area contributed by atoms with E-state index >= 15 is 0 Å². The van der Waals surface area contributed by atoms with E-state index in [1.165, 1.54) is 12.8 Å². The smallest absolute Gasteiger partial charge is 0.234 e. The first-order chi connectivity index (χ1) is 14.1. The normalized spacial score (nSPS) is 14.4. The third-order valence-corrected chi connectivity index (χ3v) is 5.13. The summed E-state index contributed by atoms with van der Waals surface area (Å²) in [6.07, 6.45) is 5.97. The maximum Gasteiger partial charge on any atom is 0.234 e. The topological polar surface area (TPSA) is 89.1 Å². The summed E-state index contributed by atoms with van der Waals surface area (Å²) in [4.78, 5) is 18.8. The van der Waals surface area contributed by atoms with Crippen LogP contribution >= 0.6 is 0 Å². The van der Waals surface area contributed by atoms with Crippen molar-refractivity contribution in [1.29, 1.82) is 0 Å². The fourth-order valence-corrected chi connectivity index (χ4v) is 3.64. The van der Waals surface area contributed by atoms with Gasteiger partial charge in [-0.2, -0.15) is 5.10 Å². The fourth-order valence-electron chi connectivity index (χ4n) is 3.64. The van der Waals surface area contributed by atoms with Gasteiger partial charge < -0.3 is 9.84 Å². The van der Waals surface area contributed by atoms with Crippen LogP contribution in [0.3, 0.4) is 0 Å². The highest BCUT2D eigenvalue weighted by molar-refractivity contribution is 5.79. The van der Waals surface area contributed by atoms with Gasteiger partial charge >= 0.3 is 0 Å². The molecule has 8 heteroatoms. The first kappa shape index (κ1) is 19.3. The maximum atomic E-state index is 12.2. The molecule has 1 aliphatic heterocycles. The summed E-state index contributed by atoms with van der Waals surface area (Å²) >= 11 is 0. The van der Waals surface area contributed by atoms with Gasteiger partial charge in [-0.1, -0.05) is 5.16 Å². The number of aromatic nitrogens is 4. The molecule has 1 fully saturated rings. The number of aryl methyl sites for hydroxylation is 2. The number of likely N-dealkylation sites (tertiary alicyclic amines) is 1. The number of pyridine rings is 1. The number of nitrogens with zero attached hydrogens (tertiary/aromatic N) is 5. The van der Waals surface area contributed by atoms with E-state index in [-0.39, 0.29) is 5.91 Å². The summed E-state index contributed by atoms with van der Waals surface area (Å²) in [5.41, 5.74) is 4.48. The van der Waals surface area contributed by atoms with Crippen molar-refractivity contribution in [2.45, 2.75) is 33.2 Å². The third-order valence-electron chi connectivity index (χ3n) is 5.13. The van der Waals surface area contributed by atoms with Crippen LogP contribution in [-0.2, 0) is 11.3 Å². The molecule has 0 saturated carbocycles. The van der Waals surface area contributed by atoms with Crippen molar-refractivity contribution in [2.75, 3.05) is 26.2 Å². The zero-order valence-electron chi connectivity index (χ0n) is 16.9. The molecule has 0 aromatic carbocycles. The zero-order valence-corrected chi connectivity index (χ0v) is 16.9. The second-order valence-electron chi connectivity index (χ2n) is 7.48. The van der Waals surface area contributed by atoms with Crippen LogP contribution in [-0.4, -0.2) is 56.9 Å². The van der Waals surface area contributed by atoms with E-state index in [0.717, 1.165) is 41.3 Å². The van der Waals surface area contributed by atoms with Gasteiger partial charge in [0.15, 0.2) is 5.76 Å². The van der Waals surface area contributed by atoms with E-state index in [9.17, 15) is 4.79 Å². The molecule has 152 valence electrons. The van der Waals surface area contributed by atoms with Gasteiger partial charge in [0.1, 0.15) is 0 Å². The van der Waals surface area contributed by atoms with E-state index in [2.05, 4.69) is 25.5 Å². The minimum atomic E-state index is 0.0590. The summed E-state index contributed by atoms with van der Waals surface area (Å²) in [7, 11) is 0. The van der Waals surface area contributed by atoms with E-state index in [1.54, 1.807) is 6.20 Å². The predicted molar refractivity (Wildman–Crippen MR) is 109 cm³/mol. The van der Waals surface area contributed by atoms with Crippen molar-refractivity contribution in [2.24, 2.45) is 0 Å². The van der Waals surface area contributed by atoms with Gasteiger partial charge in [-0.3, -0.25) is 19.4 Å². The Morgan fingerprint density at radius 1 is 1.17 bits per heavy atom. The van der Waals surface area contributed by atoms with Gasteiger partial charge in [-0.15, -0.1) is 0 Å². The van der Waals surface area contributed by atoms with Crippen LogP contribution in [0.25, 0.3) is 22.6 Å². The summed E-state index contributed by atoms with van der Waals surface area (Å²) < 4.78 is 7.35. The van der Waals surface area contributed by atoms with Crippen LogP contribution < -0.4 is 5.32 Å². The lowest BCUT2D eigenvalue weighted by molar-refractivity contribution is -0.122. The molecule has 1 amide bonds. The van der Waals surface area contributed by atoms with Gasteiger partial charge in [0.25, 0.3) is 0 Å². The molecule has 4 rings (SSSR count). The summed E-state index contributed by atoms with van der Waals surface area (Å²) in [6.45, 7) is 7.40. The van der Waals surface area contributed by atoms with Crippen LogP contribution in [0.5, 0.6) is 0 Å². The fraction of sp³-hybridized carbons (Fsp3) is 0.429. The Morgan fingerprint density at radius 2 is 2.00 bits per heavy atom. The Labute approximate surface area is 169 Å². The van der Waals surface area contributed by atoms with E-state index < -0.39 is 0 Å². The lowest BCUT2D eigenvalue weighted by Crippen LogP contribution is -2.37. The van der Waals surface area contributed by atoms with Crippen molar-refractivity contribution >= 4 is 5.91 Å². The van der Waals surface area contributed by atoms with E-state index in [4.69, 9.17) is 4.52 Å². The van der Waals surface area contributed by atoms with Crippen LogP contribution in [0.15, 0.2) is 35.1 Å². The molecule has 3 aromatic rings. The minimum Gasteiger partial charge on any atom is -0.356 e. The third kappa shape index (κ3) is 4.54. The number of carbonyl (C=O) groups excluding carboxylic acids is 1. The van der Waals surface area contributed by atoms with Crippen molar-refractivity contribution in [3.63, 3.8) is 0 Å². The molecular weight excluding hydrogens is 368 g/mol. The van der Waals surface area contributed by atoms with Gasteiger partial charge in [-0.25, -0.2) is 0 Å². The highest BCUT2D eigenvalue weighted by Crippen LogP contribution is 2.32. The number of amides is 1. The Hall–Kier alpha value is -3.00. The molecule has 1 N–H and O–H groups in total. The molecule has 1 saturated heterocycles.